The Morgan fingerprint density at radius 3 is 2.53 bits per heavy atom. The minimum absolute atomic E-state index is 0.228. The lowest BCUT2D eigenvalue weighted by Crippen LogP contribution is -2.14. The minimum atomic E-state index is -0.481. The number of nitrogens with two attached hydrogens (primary N) is 1. The summed E-state index contributed by atoms with van der Waals surface area (Å²) in [6.45, 7) is 7.17. The molecule has 0 bridgehead atoms. The Kier molecular flexibility index (Phi) is 4.60. The van der Waals surface area contributed by atoms with Crippen molar-refractivity contribution in [2.75, 3.05) is 13.7 Å². The average Bonchev–Trinajstić information content (AvgIpc) is 2.46. The molecule has 0 fully saturated rings. The Bertz CT molecular complexity index is 425. The molecule has 0 aliphatic carbocycles. The second kappa shape index (κ2) is 5.56. The predicted molar refractivity (Wildman–Crippen MR) is 68.7 cm³/mol. The predicted octanol–water partition coefficient (Wildman–Crippen LogP) is 2.32. The molecule has 1 heterocycles. The van der Waals surface area contributed by atoms with Gasteiger partial charge in [0.05, 0.1) is 17.2 Å². The van der Waals surface area contributed by atoms with E-state index in [-0.39, 0.29) is 5.92 Å². The van der Waals surface area contributed by atoms with Crippen LogP contribution < -0.4 is 5.73 Å². The summed E-state index contributed by atoms with van der Waals surface area (Å²) in [5.74, 6) is -0.253. The van der Waals surface area contributed by atoms with Crippen LogP contribution in [0.2, 0.25) is 5.02 Å². The van der Waals surface area contributed by atoms with Crippen LogP contribution in [0.3, 0.4) is 0 Å². The fourth-order valence-corrected chi connectivity index (χ4v) is 2.59. The molecular formula is C12H19ClN2O2. The molecule has 1 aromatic heterocycles. The van der Waals surface area contributed by atoms with Gasteiger partial charge in [0.2, 0.25) is 0 Å². The van der Waals surface area contributed by atoms with E-state index >= 15 is 0 Å². The molecular weight excluding hydrogens is 240 g/mol. The van der Waals surface area contributed by atoms with Gasteiger partial charge in [-0.05, 0) is 12.8 Å². The number of carbonyl (C=O) groups excluding carboxylic acids is 1. The van der Waals surface area contributed by atoms with Crippen LogP contribution in [-0.4, -0.2) is 24.2 Å². The maximum atomic E-state index is 11.4. The van der Waals surface area contributed by atoms with Gasteiger partial charge in [-0.1, -0.05) is 25.4 Å². The molecule has 1 aromatic rings. The molecule has 2 N–H and O–H groups in total. The number of rotatable bonds is 5. The summed E-state index contributed by atoms with van der Waals surface area (Å²) in [7, 11) is 1.64. The molecule has 1 amide bonds. The van der Waals surface area contributed by atoms with Gasteiger partial charge < -0.3 is 15.0 Å². The summed E-state index contributed by atoms with van der Waals surface area (Å²) in [6.07, 6.45) is 0. The maximum absolute atomic E-state index is 11.4. The van der Waals surface area contributed by atoms with E-state index in [9.17, 15) is 4.79 Å². The Morgan fingerprint density at radius 2 is 2.12 bits per heavy atom. The van der Waals surface area contributed by atoms with Gasteiger partial charge in [-0.25, -0.2) is 0 Å². The van der Waals surface area contributed by atoms with Crippen LogP contribution in [0, 0.1) is 6.92 Å². The van der Waals surface area contributed by atoms with Crippen LogP contribution in [0.1, 0.15) is 41.5 Å². The number of hydrogen-bond acceptors (Lipinski definition) is 2. The van der Waals surface area contributed by atoms with Crippen LogP contribution in [0.25, 0.3) is 0 Å². The molecule has 0 aliphatic heterocycles. The van der Waals surface area contributed by atoms with E-state index in [2.05, 4.69) is 0 Å². The first-order valence-electron chi connectivity index (χ1n) is 5.59. The van der Waals surface area contributed by atoms with E-state index in [0.29, 0.717) is 23.7 Å². The topological polar surface area (TPSA) is 57.2 Å². The van der Waals surface area contributed by atoms with Crippen molar-refractivity contribution < 1.29 is 9.53 Å². The summed E-state index contributed by atoms with van der Waals surface area (Å²) in [5.41, 5.74) is 7.53. The summed E-state index contributed by atoms with van der Waals surface area (Å²) in [4.78, 5) is 11.4. The summed E-state index contributed by atoms with van der Waals surface area (Å²) in [6, 6.07) is 0. The van der Waals surface area contributed by atoms with E-state index < -0.39 is 5.91 Å². The molecule has 0 aromatic carbocycles. The largest absolute Gasteiger partial charge is 0.383 e. The molecule has 4 nitrogen and oxygen atoms in total. The highest BCUT2D eigenvalue weighted by molar-refractivity contribution is 6.34. The lowest BCUT2D eigenvalue weighted by atomic mass is 10.1. The molecule has 0 saturated heterocycles. The van der Waals surface area contributed by atoms with E-state index in [1.165, 1.54) is 0 Å². The quantitative estimate of drug-likeness (QED) is 0.881. The Morgan fingerprint density at radius 1 is 1.53 bits per heavy atom. The highest BCUT2D eigenvalue weighted by atomic mass is 35.5. The minimum Gasteiger partial charge on any atom is -0.383 e. The SMILES string of the molecule is COCCn1c(C)c(C(N)=O)c(Cl)c1C(C)C. The number of nitrogens with zero attached hydrogens (tertiary/aromatic N) is 1. The molecule has 1 rings (SSSR count). The van der Waals surface area contributed by atoms with E-state index in [0.717, 1.165) is 11.4 Å². The number of methoxy groups -OCH3 is 1. The number of amides is 1. The van der Waals surface area contributed by atoms with Crippen LogP contribution in [0.4, 0.5) is 0 Å². The molecule has 0 atom stereocenters. The van der Waals surface area contributed by atoms with Crippen molar-refractivity contribution in [1.82, 2.24) is 4.57 Å². The van der Waals surface area contributed by atoms with E-state index in [1.54, 1.807) is 7.11 Å². The first-order chi connectivity index (χ1) is 7.91. The fraction of sp³-hybridized carbons (Fsp3) is 0.583. The number of carbonyl (C=O) groups is 1. The number of ether oxygens (including phenoxy) is 1. The second-order valence-electron chi connectivity index (χ2n) is 4.32. The maximum Gasteiger partial charge on any atom is 0.252 e. The summed E-state index contributed by atoms with van der Waals surface area (Å²) >= 11 is 6.24. The lowest BCUT2D eigenvalue weighted by Gasteiger charge is -2.13. The normalized spacial score (nSPS) is 11.2. The molecule has 0 radical (unpaired) electrons. The van der Waals surface area contributed by atoms with E-state index in [4.69, 9.17) is 22.1 Å². The standard InChI is InChI=1S/C12H19ClN2O2/c1-7(2)11-10(13)9(12(14)16)8(3)15(11)5-6-17-4/h7H,5-6H2,1-4H3,(H2,14,16). The van der Waals surface area contributed by atoms with E-state index in [1.807, 2.05) is 25.3 Å². The lowest BCUT2D eigenvalue weighted by molar-refractivity contribution is 0.0999. The zero-order valence-corrected chi connectivity index (χ0v) is 11.5. The van der Waals surface area contributed by atoms with Gasteiger partial charge in [-0.3, -0.25) is 4.79 Å². The number of aromatic nitrogens is 1. The number of halogens is 1. The average molecular weight is 259 g/mol. The Labute approximate surface area is 107 Å². The third-order valence-corrected chi connectivity index (χ3v) is 3.20. The van der Waals surface area contributed by atoms with Gasteiger partial charge in [0.25, 0.3) is 5.91 Å². The van der Waals surface area contributed by atoms with Gasteiger partial charge in [0.1, 0.15) is 0 Å². The van der Waals surface area contributed by atoms with Crippen molar-refractivity contribution in [3.63, 3.8) is 0 Å². The highest BCUT2D eigenvalue weighted by Gasteiger charge is 2.23. The Balaban J connectivity index is 3.34. The van der Waals surface area contributed by atoms with Crippen molar-refractivity contribution in [3.05, 3.63) is 22.0 Å². The van der Waals surface area contributed by atoms with Gasteiger partial charge in [0.15, 0.2) is 0 Å². The molecule has 0 saturated carbocycles. The van der Waals surface area contributed by atoms with Crippen molar-refractivity contribution in [3.8, 4) is 0 Å². The summed E-state index contributed by atoms with van der Waals surface area (Å²) in [5, 5.41) is 0.473. The van der Waals surface area contributed by atoms with Gasteiger partial charge in [0, 0.05) is 25.0 Å². The molecule has 17 heavy (non-hydrogen) atoms. The second-order valence-corrected chi connectivity index (χ2v) is 4.70. The smallest absolute Gasteiger partial charge is 0.252 e. The van der Waals surface area contributed by atoms with Crippen LogP contribution >= 0.6 is 11.6 Å². The monoisotopic (exact) mass is 258 g/mol. The van der Waals surface area contributed by atoms with Crippen molar-refractivity contribution in [2.45, 2.75) is 33.2 Å². The molecule has 5 heteroatoms. The van der Waals surface area contributed by atoms with Gasteiger partial charge in [-0.2, -0.15) is 0 Å². The van der Waals surface area contributed by atoms with Crippen LogP contribution in [-0.2, 0) is 11.3 Å². The molecule has 0 spiro atoms. The van der Waals surface area contributed by atoms with Crippen LogP contribution in [0.5, 0.6) is 0 Å². The summed E-state index contributed by atoms with van der Waals surface area (Å²) < 4.78 is 7.08. The van der Waals surface area contributed by atoms with Crippen LogP contribution in [0.15, 0.2) is 0 Å². The highest BCUT2D eigenvalue weighted by Crippen LogP contribution is 2.32. The third-order valence-electron chi connectivity index (χ3n) is 2.81. The number of primary amides is 1. The first kappa shape index (κ1) is 14.1. The zero-order chi connectivity index (χ0) is 13.2. The zero-order valence-electron chi connectivity index (χ0n) is 10.7. The molecule has 0 unspecified atom stereocenters. The molecule has 0 aliphatic rings. The molecule has 96 valence electrons. The van der Waals surface area contributed by atoms with Gasteiger partial charge >= 0.3 is 0 Å². The van der Waals surface area contributed by atoms with Crippen molar-refractivity contribution in [1.29, 1.82) is 0 Å². The van der Waals surface area contributed by atoms with Crippen molar-refractivity contribution in [2.24, 2.45) is 5.73 Å². The first-order valence-corrected chi connectivity index (χ1v) is 5.96. The number of hydrogen-bond donors (Lipinski definition) is 1. The fourth-order valence-electron chi connectivity index (χ4n) is 2.04. The van der Waals surface area contributed by atoms with Crippen molar-refractivity contribution >= 4 is 17.5 Å². The van der Waals surface area contributed by atoms with Gasteiger partial charge in [-0.15, -0.1) is 0 Å². The third kappa shape index (κ3) is 2.64. The Hall–Kier alpha value is -1.00.